The van der Waals surface area contributed by atoms with E-state index < -0.39 is 0 Å². The second kappa shape index (κ2) is 9.80. The Labute approximate surface area is 198 Å². The first-order valence-corrected chi connectivity index (χ1v) is 11.5. The van der Waals surface area contributed by atoms with Gasteiger partial charge in [0.1, 0.15) is 0 Å². The Morgan fingerprint density at radius 2 is 1.71 bits per heavy atom. The van der Waals surface area contributed by atoms with E-state index in [-0.39, 0.29) is 30.7 Å². The maximum atomic E-state index is 12.8. The van der Waals surface area contributed by atoms with Crippen LogP contribution in [-0.2, 0) is 4.79 Å². The Hall–Kier alpha value is -1.11. The lowest BCUT2D eigenvalue weighted by atomic mass is 9.44. The lowest BCUT2D eigenvalue weighted by Gasteiger charge is -2.61. The molecule has 8 heteroatoms. The summed E-state index contributed by atoms with van der Waals surface area (Å²) < 4.78 is 0. The van der Waals surface area contributed by atoms with Crippen LogP contribution < -0.4 is 10.2 Å². The highest BCUT2D eigenvalue weighted by Crippen LogP contribution is 2.66. The summed E-state index contributed by atoms with van der Waals surface area (Å²) in [5.74, 6) is 2.88. The summed E-state index contributed by atoms with van der Waals surface area (Å²) in [5, 5.41) is 3.24. The van der Waals surface area contributed by atoms with Crippen LogP contribution in [-0.4, -0.2) is 60.0 Å². The number of halogens is 2. The lowest BCUT2D eigenvalue weighted by Crippen LogP contribution is -2.52. The third kappa shape index (κ3) is 5.45. The second-order valence-corrected chi connectivity index (χ2v) is 10.7. The van der Waals surface area contributed by atoms with Crippen molar-refractivity contribution in [1.82, 2.24) is 20.2 Å². The van der Waals surface area contributed by atoms with E-state index in [0.717, 1.165) is 63.5 Å². The Morgan fingerprint density at radius 1 is 1.06 bits per heavy atom. The number of anilines is 1. The molecular weight excluding hydrogens is 433 g/mol. The Morgan fingerprint density at radius 3 is 2.32 bits per heavy atom. The summed E-state index contributed by atoms with van der Waals surface area (Å²) >= 11 is 0. The summed E-state index contributed by atoms with van der Waals surface area (Å²) in [5.41, 5.74) is 0.830. The number of hydrogen-bond acceptors (Lipinski definition) is 5. The quantitative estimate of drug-likeness (QED) is 0.689. The summed E-state index contributed by atoms with van der Waals surface area (Å²) in [6, 6.07) is 1.85. The standard InChI is InChI=1S/C23H35N5O.2ClH/c1-22-12-18-11-19(13-22)15-23(14-18,17-22)16-20(29)24-5-6-27-7-9-28(10-8-27)21-25-3-2-4-26-21;;/h2-4,18-19H,5-17H2,1H3,(H,24,29);2*1H. The van der Waals surface area contributed by atoms with Crippen LogP contribution in [0, 0.1) is 22.7 Å². The molecule has 6 rings (SSSR count). The van der Waals surface area contributed by atoms with E-state index in [1.165, 1.54) is 38.5 Å². The van der Waals surface area contributed by atoms with E-state index in [1.54, 1.807) is 12.4 Å². The summed E-state index contributed by atoms with van der Waals surface area (Å²) in [6.45, 7) is 8.08. The first kappa shape index (κ1) is 24.5. The van der Waals surface area contributed by atoms with Crippen molar-refractivity contribution in [3.05, 3.63) is 18.5 Å². The van der Waals surface area contributed by atoms with Gasteiger partial charge in [0.15, 0.2) is 0 Å². The van der Waals surface area contributed by atoms with Crippen LogP contribution in [0.5, 0.6) is 0 Å². The first-order valence-electron chi connectivity index (χ1n) is 11.5. The molecule has 5 fully saturated rings. The van der Waals surface area contributed by atoms with Gasteiger partial charge in [-0.25, -0.2) is 9.97 Å². The van der Waals surface area contributed by atoms with Gasteiger partial charge in [0.2, 0.25) is 11.9 Å². The van der Waals surface area contributed by atoms with E-state index in [2.05, 4.69) is 32.0 Å². The van der Waals surface area contributed by atoms with Crippen molar-refractivity contribution < 1.29 is 4.79 Å². The fourth-order valence-corrected chi connectivity index (χ4v) is 7.52. The van der Waals surface area contributed by atoms with Gasteiger partial charge >= 0.3 is 0 Å². The highest BCUT2D eigenvalue weighted by Gasteiger charge is 2.56. The molecule has 2 heterocycles. The maximum absolute atomic E-state index is 12.8. The smallest absolute Gasteiger partial charge is 0.225 e. The zero-order valence-corrected chi connectivity index (χ0v) is 20.2. The molecule has 0 aromatic carbocycles. The molecule has 1 N–H and O–H groups in total. The number of carbonyl (C=O) groups is 1. The molecule has 2 atom stereocenters. The van der Waals surface area contributed by atoms with Crippen molar-refractivity contribution in [3.8, 4) is 0 Å². The Kier molecular flexibility index (Phi) is 7.75. The van der Waals surface area contributed by atoms with E-state index in [0.29, 0.717) is 10.8 Å². The van der Waals surface area contributed by atoms with Crippen molar-refractivity contribution in [2.75, 3.05) is 44.2 Å². The maximum Gasteiger partial charge on any atom is 0.225 e. The summed E-state index contributed by atoms with van der Waals surface area (Å²) in [6.07, 6.45) is 12.5. The summed E-state index contributed by atoms with van der Waals surface area (Å²) in [4.78, 5) is 26.1. The van der Waals surface area contributed by atoms with Crippen LogP contribution in [0.4, 0.5) is 5.95 Å². The number of rotatable bonds is 6. The van der Waals surface area contributed by atoms with Crippen LogP contribution >= 0.6 is 24.8 Å². The minimum absolute atomic E-state index is 0. The van der Waals surface area contributed by atoms with Gasteiger partial charge in [0.05, 0.1) is 0 Å². The average molecular weight is 470 g/mol. The molecule has 31 heavy (non-hydrogen) atoms. The molecule has 174 valence electrons. The molecule has 1 aliphatic heterocycles. The van der Waals surface area contributed by atoms with Gasteiger partial charge in [-0.05, 0) is 67.3 Å². The van der Waals surface area contributed by atoms with Crippen LogP contribution in [0.1, 0.15) is 51.9 Å². The SMILES string of the molecule is CC12CC3CC(C1)CC(CC(=O)NCCN1CCN(c4ncccn4)CC1)(C3)C2.Cl.Cl. The summed E-state index contributed by atoms with van der Waals surface area (Å²) in [7, 11) is 0. The molecule has 1 aromatic heterocycles. The third-order valence-corrected chi connectivity index (χ3v) is 7.97. The van der Waals surface area contributed by atoms with Gasteiger partial charge in [-0.2, -0.15) is 0 Å². The normalized spacial score (nSPS) is 34.0. The highest BCUT2D eigenvalue weighted by atomic mass is 35.5. The molecule has 6 nitrogen and oxygen atoms in total. The minimum atomic E-state index is 0. The van der Waals surface area contributed by atoms with Gasteiger partial charge in [-0.3, -0.25) is 9.69 Å². The highest BCUT2D eigenvalue weighted by molar-refractivity contribution is 5.85. The number of aromatic nitrogens is 2. The zero-order valence-electron chi connectivity index (χ0n) is 18.6. The third-order valence-electron chi connectivity index (χ3n) is 7.97. The van der Waals surface area contributed by atoms with Crippen molar-refractivity contribution in [3.63, 3.8) is 0 Å². The van der Waals surface area contributed by atoms with E-state index in [1.807, 2.05) is 6.07 Å². The molecule has 5 aliphatic rings. The fourth-order valence-electron chi connectivity index (χ4n) is 7.52. The number of nitrogens with zero attached hydrogens (tertiary/aromatic N) is 4. The van der Waals surface area contributed by atoms with Crippen molar-refractivity contribution in [1.29, 1.82) is 0 Å². The van der Waals surface area contributed by atoms with Gasteiger partial charge in [0, 0.05) is 58.1 Å². The molecule has 1 aromatic rings. The van der Waals surface area contributed by atoms with E-state index in [9.17, 15) is 4.79 Å². The minimum Gasteiger partial charge on any atom is -0.355 e. The number of amides is 1. The van der Waals surface area contributed by atoms with Crippen molar-refractivity contribution in [2.45, 2.75) is 51.9 Å². The molecule has 0 spiro atoms. The molecular formula is C23H37Cl2N5O. The average Bonchev–Trinajstić information content (AvgIpc) is 2.67. The van der Waals surface area contributed by atoms with E-state index >= 15 is 0 Å². The van der Waals surface area contributed by atoms with Gasteiger partial charge in [-0.15, -0.1) is 24.8 Å². The molecule has 0 radical (unpaired) electrons. The first-order chi connectivity index (χ1) is 14.0. The zero-order chi connectivity index (χ0) is 19.9. The van der Waals surface area contributed by atoms with Crippen LogP contribution in [0.15, 0.2) is 18.5 Å². The molecule has 1 saturated heterocycles. The lowest BCUT2D eigenvalue weighted by molar-refractivity contribution is -0.136. The van der Waals surface area contributed by atoms with Crippen LogP contribution in [0.3, 0.4) is 0 Å². The van der Waals surface area contributed by atoms with Gasteiger partial charge in [-0.1, -0.05) is 6.92 Å². The molecule has 4 saturated carbocycles. The van der Waals surface area contributed by atoms with Crippen LogP contribution in [0.2, 0.25) is 0 Å². The van der Waals surface area contributed by atoms with Crippen molar-refractivity contribution >= 4 is 36.7 Å². The Balaban J connectivity index is 0.00000136. The number of nitrogens with one attached hydrogen (secondary N) is 1. The molecule has 2 unspecified atom stereocenters. The fraction of sp³-hybridized carbons (Fsp3) is 0.783. The number of hydrogen-bond donors (Lipinski definition) is 1. The van der Waals surface area contributed by atoms with E-state index in [4.69, 9.17) is 0 Å². The molecule has 1 amide bonds. The molecule has 4 bridgehead atoms. The number of carbonyl (C=O) groups excluding carboxylic acids is 1. The monoisotopic (exact) mass is 469 g/mol. The van der Waals surface area contributed by atoms with Gasteiger partial charge < -0.3 is 10.2 Å². The second-order valence-electron chi connectivity index (χ2n) is 10.7. The van der Waals surface area contributed by atoms with Crippen LogP contribution in [0.25, 0.3) is 0 Å². The van der Waals surface area contributed by atoms with Gasteiger partial charge in [0.25, 0.3) is 0 Å². The topological polar surface area (TPSA) is 61.4 Å². The molecule has 4 aliphatic carbocycles. The predicted octanol–water partition coefficient (Wildman–Crippen LogP) is 3.56. The number of piperazine rings is 1. The largest absolute Gasteiger partial charge is 0.355 e. The predicted molar refractivity (Wildman–Crippen MR) is 128 cm³/mol. The Bertz CT molecular complexity index is 727. The van der Waals surface area contributed by atoms with Crippen molar-refractivity contribution in [2.24, 2.45) is 22.7 Å².